The molecular formula is C10H9NO3. The lowest BCUT2D eigenvalue weighted by Crippen LogP contribution is -2.05. The van der Waals surface area contributed by atoms with E-state index >= 15 is 0 Å². The number of benzene rings is 1. The third kappa shape index (κ3) is 0.886. The van der Waals surface area contributed by atoms with Crippen molar-refractivity contribution in [1.82, 2.24) is 0 Å². The van der Waals surface area contributed by atoms with Crippen molar-refractivity contribution in [1.29, 1.82) is 0 Å². The van der Waals surface area contributed by atoms with Crippen molar-refractivity contribution in [3.8, 4) is 11.5 Å². The smallest absolute Gasteiger partial charge is 0.231 e. The topological polar surface area (TPSA) is 61.6 Å². The largest absolute Gasteiger partial charge is 0.454 e. The molecule has 0 saturated carbocycles. The molecule has 2 aliphatic rings. The summed E-state index contributed by atoms with van der Waals surface area (Å²) in [5.74, 6) is 1.42. The number of fused-ring (bicyclic) bond motifs is 2. The average Bonchev–Trinajstić information content (AvgIpc) is 2.70. The van der Waals surface area contributed by atoms with Gasteiger partial charge in [0.1, 0.15) is 0 Å². The summed E-state index contributed by atoms with van der Waals surface area (Å²) in [7, 11) is 0. The first-order valence-corrected chi connectivity index (χ1v) is 4.48. The van der Waals surface area contributed by atoms with Crippen LogP contribution in [0.2, 0.25) is 0 Å². The maximum absolute atomic E-state index is 11.5. The Labute approximate surface area is 80.6 Å². The van der Waals surface area contributed by atoms with Gasteiger partial charge < -0.3 is 15.2 Å². The highest BCUT2D eigenvalue weighted by atomic mass is 16.7. The molecule has 1 aromatic carbocycles. The third-order valence-electron chi connectivity index (χ3n) is 2.65. The number of ketones is 1. The van der Waals surface area contributed by atoms with Crippen molar-refractivity contribution < 1.29 is 14.3 Å². The van der Waals surface area contributed by atoms with Crippen molar-refractivity contribution in [2.45, 2.75) is 12.5 Å². The van der Waals surface area contributed by atoms with Gasteiger partial charge in [0.25, 0.3) is 0 Å². The Balaban J connectivity index is 2.22. The van der Waals surface area contributed by atoms with Crippen LogP contribution in [0.5, 0.6) is 11.5 Å². The third-order valence-corrected chi connectivity index (χ3v) is 2.65. The summed E-state index contributed by atoms with van der Waals surface area (Å²) in [5, 5.41) is 0. The SMILES string of the molecule is NC1CC(=O)c2cc3c(cc21)OCO3. The zero-order valence-corrected chi connectivity index (χ0v) is 7.45. The van der Waals surface area contributed by atoms with Crippen LogP contribution < -0.4 is 15.2 Å². The van der Waals surface area contributed by atoms with E-state index < -0.39 is 0 Å². The lowest BCUT2D eigenvalue weighted by atomic mass is 10.1. The Kier molecular flexibility index (Phi) is 1.39. The first kappa shape index (κ1) is 7.82. The van der Waals surface area contributed by atoms with E-state index in [9.17, 15) is 4.79 Å². The van der Waals surface area contributed by atoms with Crippen molar-refractivity contribution in [2.75, 3.05) is 6.79 Å². The van der Waals surface area contributed by atoms with Gasteiger partial charge in [-0.05, 0) is 17.7 Å². The van der Waals surface area contributed by atoms with Crippen molar-refractivity contribution in [3.05, 3.63) is 23.3 Å². The molecule has 0 aromatic heterocycles. The molecule has 1 atom stereocenters. The van der Waals surface area contributed by atoms with Crippen molar-refractivity contribution in [3.63, 3.8) is 0 Å². The Morgan fingerprint density at radius 1 is 1.29 bits per heavy atom. The van der Waals surface area contributed by atoms with Gasteiger partial charge in [-0.15, -0.1) is 0 Å². The molecule has 1 aromatic rings. The maximum atomic E-state index is 11.5. The maximum Gasteiger partial charge on any atom is 0.231 e. The summed E-state index contributed by atoms with van der Waals surface area (Å²) in [6, 6.07) is 3.35. The zero-order valence-electron chi connectivity index (χ0n) is 7.45. The van der Waals surface area contributed by atoms with Gasteiger partial charge in [0.2, 0.25) is 6.79 Å². The molecule has 1 aliphatic carbocycles. The molecule has 4 heteroatoms. The predicted molar refractivity (Wildman–Crippen MR) is 48.4 cm³/mol. The van der Waals surface area contributed by atoms with Gasteiger partial charge in [0, 0.05) is 18.0 Å². The van der Waals surface area contributed by atoms with Gasteiger partial charge in [-0.25, -0.2) is 0 Å². The van der Waals surface area contributed by atoms with Crippen LogP contribution in [0.1, 0.15) is 28.4 Å². The first-order valence-electron chi connectivity index (χ1n) is 4.48. The fourth-order valence-corrected chi connectivity index (χ4v) is 1.93. The van der Waals surface area contributed by atoms with Crippen LogP contribution in [0.3, 0.4) is 0 Å². The van der Waals surface area contributed by atoms with Crippen LogP contribution in [0, 0.1) is 0 Å². The molecule has 3 rings (SSSR count). The molecule has 1 heterocycles. The molecule has 0 saturated heterocycles. The molecule has 4 nitrogen and oxygen atoms in total. The Morgan fingerprint density at radius 3 is 2.79 bits per heavy atom. The molecule has 0 spiro atoms. The Hall–Kier alpha value is -1.55. The van der Waals surface area contributed by atoms with Gasteiger partial charge in [-0.2, -0.15) is 0 Å². The minimum Gasteiger partial charge on any atom is -0.454 e. The van der Waals surface area contributed by atoms with E-state index in [1.54, 1.807) is 6.07 Å². The number of ether oxygens (including phenoxy) is 2. The van der Waals surface area contributed by atoms with Crippen LogP contribution in [-0.2, 0) is 0 Å². The van der Waals surface area contributed by atoms with Gasteiger partial charge in [-0.3, -0.25) is 4.79 Å². The van der Waals surface area contributed by atoms with Crippen molar-refractivity contribution in [2.24, 2.45) is 5.73 Å². The lowest BCUT2D eigenvalue weighted by molar-refractivity contribution is 0.0989. The highest BCUT2D eigenvalue weighted by Crippen LogP contribution is 2.40. The minimum atomic E-state index is -0.188. The summed E-state index contributed by atoms with van der Waals surface area (Å²) in [6.45, 7) is 0.224. The lowest BCUT2D eigenvalue weighted by Gasteiger charge is -2.04. The van der Waals surface area contributed by atoms with Crippen LogP contribution in [-0.4, -0.2) is 12.6 Å². The first-order chi connectivity index (χ1) is 6.75. The molecular weight excluding hydrogens is 182 g/mol. The van der Waals surface area contributed by atoms with Gasteiger partial charge in [0.15, 0.2) is 17.3 Å². The summed E-state index contributed by atoms with van der Waals surface area (Å²) < 4.78 is 10.4. The molecule has 2 N–H and O–H groups in total. The number of carbonyl (C=O) groups excluding carboxylic acids is 1. The number of carbonyl (C=O) groups is 1. The molecule has 0 amide bonds. The standard InChI is InChI=1S/C10H9NO3/c11-7-3-8(12)6-2-10-9(1-5(6)7)13-4-14-10/h1-2,7H,3-4,11H2. The number of Topliss-reactive ketones (excluding diaryl/α,β-unsaturated/α-hetero) is 1. The molecule has 0 fully saturated rings. The molecule has 0 bridgehead atoms. The van der Waals surface area contributed by atoms with E-state index in [0.29, 0.717) is 23.5 Å². The van der Waals surface area contributed by atoms with Crippen LogP contribution in [0.15, 0.2) is 12.1 Å². The zero-order chi connectivity index (χ0) is 9.71. The van der Waals surface area contributed by atoms with Crippen LogP contribution in [0.25, 0.3) is 0 Å². The van der Waals surface area contributed by atoms with E-state index in [-0.39, 0.29) is 18.6 Å². The monoisotopic (exact) mass is 191 g/mol. The number of nitrogens with two attached hydrogens (primary N) is 1. The average molecular weight is 191 g/mol. The second-order valence-electron chi connectivity index (χ2n) is 3.53. The summed E-state index contributed by atoms with van der Waals surface area (Å²) >= 11 is 0. The fourth-order valence-electron chi connectivity index (χ4n) is 1.93. The van der Waals surface area contributed by atoms with E-state index in [2.05, 4.69) is 0 Å². The van der Waals surface area contributed by atoms with E-state index in [0.717, 1.165) is 5.56 Å². The van der Waals surface area contributed by atoms with E-state index in [1.165, 1.54) is 0 Å². The molecule has 1 unspecified atom stereocenters. The summed E-state index contributed by atoms with van der Waals surface area (Å²) in [6.07, 6.45) is 0.387. The van der Waals surface area contributed by atoms with Gasteiger partial charge >= 0.3 is 0 Å². The number of hydrogen-bond acceptors (Lipinski definition) is 4. The normalized spacial score (nSPS) is 22.6. The second kappa shape index (κ2) is 2.48. The van der Waals surface area contributed by atoms with E-state index in [4.69, 9.17) is 15.2 Å². The predicted octanol–water partition coefficient (Wildman–Crippen LogP) is 1.00. The molecule has 1 aliphatic heterocycles. The Bertz CT molecular complexity index is 428. The second-order valence-corrected chi connectivity index (χ2v) is 3.53. The number of hydrogen-bond donors (Lipinski definition) is 1. The molecule has 72 valence electrons. The minimum absolute atomic E-state index is 0.0887. The van der Waals surface area contributed by atoms with Crippen LogP contribution >= 0.6 is 0 Å². The summed E-state index contributed by atoms with van der Waals surface area (Å²) in [5.41, 5.74) is 7.37. The molecule has 0 radical (unpaired) electrons. The van der Waals surface area contributed by atoms with E-state index in [1.807, 2.05) is 6.07 Å². The summed E-state index contributed by atoms with van der Waals surface area (Å²) in [4.78, 5) is 11.5. The fraction of sp³-hybridized carbons (Fsp3) is 0.300. The molecule has 14 heavy (non-hydrogen) atoms. The number of rotatable bonds is 0. The highest BCUT2D eigenvalue weighted by Gasteiger charge is 2.30. The quantitative estimate of drug-likeness (QED) is 0.664. The highest BCUT2D eigenvalue weighted by molar-refractivity contribution is 6.01. The Morgan fingerprint density at radius 2 is 2.00 bits per heavy atom. The van der Waals surface area contributed by atoms with Gasteiger partial charge in [0.05, 0.1) is 0 Å². The van der Waals surface area contributed by atoms with Crippen LogP contribution in [0.4, 0.5) is 0 Å². The van der Waals surface area contributed by atoms with Crippen molar-refractivity contribution >= 4 is 5.78 Å². The van der Waals surface area contributed by atoms with Gasteiger partial charge in [-0.1, -0.05) is 0 Å².